The summed E-state index contributed by atoms with van der Waals surface area (Å²) in [7, 11) is 0. The van der Waals surface area contributed by atoms with Crippen molar-refractivity contribution in [2.24, 2.45) is 0 Å². The van der Waals surface area contributed by atoms with Crippen LogP contribution in [-0.4, -0.2) is 9.97 Å². The third kappa shape index (κ3) is 1.76. The summed E-state index contributed by atoms with van der Waals surface area (Å²) in [6.45, 7) is 0. The molecule has 2 heterocycles. The number of nitrogens with zero attached hydrogens (tertiary/aromatic N) is 3. The van der Waals surface area contributed by atoms with E-state index in [0.717, 1.165) is 11.1 Å². The first-order valence-corrected chi connectivity index (χ1v) is 4.37. The Morgan fingerprint density at radius 1 is 1.33 bits per heavy atom. The molecule has 72 valence electrons. The van der Waals surface area contributed by atoms with Crippen LogP contribution in [0.4, 0.5) is 5.82 Å². The van der Waals surface area contributed by atoms with Crippen molar-refractivity contribution in [2.75, 3.05) is 5.73 Å². The SMILES string of the molecule is N#Cc1cncc(-c2cccnc2N)c1. The predicted octanol–water partition coefficient (Wildman–Crippen LogP) is 1.60. The number of nitrogen functional groups attached to an aromatic ring is 1. The van der Waals surface area contributed by atoms with Crippen molar-refractivity contribution >= 4 is 5.82 Å². The van der Waals surface area contributed by atoms with Crippen molar-refractivity contribution in [2.45, 2.75) is 0 Å². The zero-order valence-corrected chi connectivity index (χ0v) is 7.88. The lowest BCUT2D eigenvalue weighted by atomic mass is 10.1. The molecule has 0 unspecified atom stereocenters. The molecule has 0 radical (unpaired) electrons. The Balaban J connectivity index is 2.55. The molecule has 0 aromatic carbocycles. The molecule has 2 aromatic heterocycles. The Hall–Kier alpha value is -2.41. The maximum Gasteiger partial charge on any atom is 0.131 e. The molecule has 0 bridgehead atoms. The number of pyridine rings is 2. The van der Waals surface area contributed by atoms with Gasteiger partial charge in [-0.2, -0.15) is 5.26 Å². The molecule has 2 aromatic rings. The molecule has 0 aliphatic rings. The van der Waals surface area contributed by atoms with Gasteiger partial charge in [-0.25, -0.2) is 4.98 Å². The van der Waals surface area contributed by atoms with E-state index in [1.165, 1.54) is 6.20 Å². The first-order chi connectivity index (χ1) is 7.31. The maximum atomic E-state index is 8.74. The zero-order valence-electron chi connectivity index (χ0n) is 7.88. The fourth-order valence-electron chi connectivity index (χ4n) is 1.31. The van der Waals surface area contributed by atoms with E-state index in [1.54, 1.807) is 24.5 Å². The summed E-state index contributed by atoms with van der Waals surface area (Å²) in [5, 5.41) is 8.74. The van der Waals surface area contributed by atoms with Crippen LogP contribution in [-0.2, 0) is 0 Å². The molecular formula is C11H8N4. The van der Waals surface area contributed by atoms with Gasteiger partial charge in [-0.3, -0.25) is 4.98 Å². The van der Waals surface area contributed by atoms with Crippen molar-refractivity contribution in [3.8, 4) is 17.2 Å². The van der Waals surface area contributed by atoms with E-state index in [2.05, 4.69) is 9.97 Å². The number of nitrogens with two attached hydrogens (primary N) is 1. The van der Waals surface area contributed by atoms with Crippen LogP contribution in [0.2, 0.25) is 0 Å². The van der Waals surface area contributed by atoms with Crippen LogP contribution in [0.25, 0.3) is 11.1 Å². The van der Waals surface area contributed by atoms with Gasteiger partial charge in [-0.1, -0.05) is 0 Å². The number of hydrogen-bond donors (Lipinski definition) is 1. The minimum atomic E-state index is 0.439. The smallest absolute Gasteiger partial charge is 0.131 e. The number of nitriles is 1. The van der Waals surface area contributed by atoms with Gasteiger partial charge in [0.25, 0.3) is 0 Å². The Bertz CT molecular complexity index is 528. The van der Waals surface area contributed by atoms with Crippen molar-refractivity contribution in [3.63, 3.8) is 0 Å². The molecule has 15 heavy (non-hydrogen) atoms. The summed E-state index contributed by atoms with van der Waals surface area (Å²) in [5.41, 5.74) is 7.83. The second kappa shape index (κ2) is 3.76. The van der Waals surface area contributed by atoms with E-state index >= 15 is 0 Å². The first-order valence-electron chi connectivity index (χ1n) is 4.37. The average Bonchev–Trinajstić information content (AvgIpc) is 2.30. The highest BCUT2D eigenvalue weighted by Crippen LogP contribution is 2.23. The third-order valence-electron chi connectivity index (χ3n) is 2.02. The van der Waals surface area contributed by atoms with Gasteiger partial charge in [0.05, 0.1) is 5.56 Å². The van der Waals surface area contributed by atoms with E-state index in [0.29, 0.717) is 11.4 Å². The lowest BCUT2D eigenvalue weighted by Crippen LogP contribution is -1.93. The molecule has 4 nitrogen and oxygen atoms in total. The molecule has 0 atom stereocenters. The molecule has 0 saturated carbocycles. The fourth-order valence-corrected chi connectivity index (χ4v) is 1.31. The fraction of sp³-hybridized carbons (Fsp3) is 0. The van der Waals surface area contributed by atoms with Gasteiger partial charge in [-0.15, -0.1) is 0 Å². The van der Waals surface area contributed by atoms with E-state index in [-0.39, 0.29) is 0 Å². The molecule has 4 heteroatoms. The molecule has 0 amide bonds. The topological polar surface area (TPSA) is 75.6 Å². The monoisotopic (exact) mass is 196 g/mol. The van der Waals surface area contributed by atoms with Crippen LogP contribution in [0, 0.1) is 11.3 Å². The Labute approximate surface area is 87.0 Å². The first kappa shape index (κ1) is 9.16. The molecule has 0 spiro atoms. The molecule has 0 aliphatic carbocycles. The summed E-state index contributed by atoms with van der Waals surface area (Å²) in [4.78, 5) is 7.95. The van der Waals surface area contributed by atoms with Crippen molar-refractivity contribution in [1.29, 1.82) is 5.26 Å². The Morgan fingerprint density at radius 2 is 2.20 bits per heavy atom. The number of anilines is 1. The van der Waals surface area contributed by atoms with Gasteiger partial charge in [0.1, 0.15) is 11.9 Å². The number of aromatic nitrogens is 2. The Morgan fingerprint density at radius 3 is 2.93 bits per heavy atom. The molecule has 2 rings (SSSR count). The summed E-state index contributed by atoms with van der Waals surface area (Å²) < 4.78 is 0. The average molecular weight is 196 g/mol. The van der Waals surface area contributed by atoms with E-state index < -0.39 is 0 Å². The predicted molar refractivity (Wildman–Crippen MR) is 56.6 cm³/mol. The standard InChI is InChI=1S/C11H8N4/c12-5-8-4-9(7-14-6-8)10-2-1-3-15-11(10)13/h1-4,6-7H,(H2,13,15). The highest BCUT2D eigenvalue weighted by molar-refractivity contribution is 5.73. The van der Waals surface area contributed by atoms with Crippen LogP contribution in [0.15, 0.2) is 36.8 Å². The summed E-state index contributed by atoms with van der Waals surface area (Å²) >= 11 is 0. The summed E-state index contributed by atoms with van der Waals surface area (Å²) in [6, 6.07) is 7.41. The van der Waals surface area contributed by atoms with Crippen molar-refractivity contribution in [1.82, 2.24) is 9.97 Å². The number of hydrogen-bond acceptors (Lipinski definition) is 4. The number of rotatable bonds is 1. The molecule has 0 saturated heterocycles. The van der Waals surface area contributed by atoms with Crippen LogP contribution in [0.3, 0.4) is 0 Å². The zero-order chi connectivity index (χ0) is 10.7. The molecule has 0 fully saturated rings. The van der Waals surface area contributed by atoms with Crippen LogP contribution in [0.5, 0.6) is 0 Å². The Kier molecular flexibility index (Phi) is 2.30. The molecule has 2 N–H and O–H groups in total. The van der Waals surface area contributed by atoms with E-state index in [4.69, 9.17) is 11.0 Å². The minimum absolute atomic E-state index is 0.439. The van der Waals surface area contributed by atoms with Gasteiger partial charge in [0.2, 0.25) is 0 Å². The second-order valence-corrected chi connectivity index (χ2v) is 3.01. The van der Waals surface area contributed by atoms with Crippen molar-refractivity contribution < 1.29 is 0 Å². The highest BCUT2D eigenvalue weighted by atomic mass is 14.8. The van der Waals surface area contributed by atoms with Gasteiger partial charge >= 0.3 is 0 Å². The molecular weight excluding hydrogens is 188 g/mol. The van der Waals surface area contributed by atoms with Gasteiger partial charge in [-0.05, 0) is 18.2 Å². The minimum Gasteiger partial charge on any atom is -0.383 e. The van der Waals surface area contributed by atoms with Crippen LogP contribution in [0.1, 0.15) is 5.56 Å². The second-order valence-electron chi connectivity index (χ2n) is 3.01. The maximum absolute atomic E-state index is 8.74. The third-order valence-corrected chi connectivity index (χ3v) is 2.02. The lowest BCUT2D eigenvalue weighted by Gasteiger charge is -2.03. The largest absolute Gasteiger partial charge is 0.383 e. The van der Waals surface area contributed by atoms with E-state index in [9.17, 15) is 0 Å². The summed E-state index contributed by atoms with van der Waals surface area (Å²) in [5.74, 6) is 0.439. The van der Waals surface area contributed by atoms with Crippen LogP contribution < -0.4 is 5.73 Å². The van der Waals surface area contributed by atoms with Gasteiger partial charge in [0.15, 0.2) is 0 Å². The summed E-state index contributed by atoms with van der Waals surface area (Å²) in [6.07, 6.45) is 4.80. The van der Waals surface area contributed by atoms with Gasteiger partial charge < -0.3 is 5.73 Å². The van der Waals surface area contributed by atoms with E-state index in [1.807, 2.05) is 12.1 Å². The highest BCUT2D eigenvalue weighted by Gasteiger charge is 2.03. The van der Waals surface area contributed by atoms with Crippen LogP contribution >= 0.6 is 0 Å². The van der Waals surface area contributed by atoms with Gasteiger partial charge in [0, 0.05) is 29.7 Å². The quantitative estimate of drug-likeness (QED) is 0.751. The lowest BCUT2D eigenvalue weighted by molar-refractivity contribution is 1.29. The van der Waals surface area contributed by atoms with Crippen molar-refractivity contribution in [3.05, 3.63) is 42.4 Å². The molecule has 0 aliphatic heterocycles. The normalized spacial score (nSPS) is 9.53.